The van der Waals surface area contributed by atoms with Crippen LogP contribution in [0.3, 0.4) is 0 Å². The molecule has 6 heteroatoms. The van der Waals surface area contributed by atoms with Crippen molar-refractivity contribution in [2.75, 3.05) is 19.7 Å². The summed E-state index contributed by atoms with van der Waals surface area (Å²) in [6, 6.07) is 3.22. The lowest BCUT2D eigenvalue weighted by Gasteiger charge is -2.31. The lowest BCUT2D eigenvalue weighted by atomic mass is 9.81. The van der Waals surface area contributed by atoms with E-state index >= 15 is 0 Å². The van der Waals surface area contributed by atoms with E-state index in [2.05, 4.69) is 31.4 Å². The molecule has 1 saturated heterocycles. The fourth-order valence-corrected chi connectivity index (χ4v) is 3.15. The predicted octanol–water partition coefficient (Wildman–Crippen LogP) is 2.55. The van der Waals surface area contributed by atoms with Crippen LogP contribution in [0, 0.1) is 18.3 Å². The molecule has 3 atom stereocenters. The number of hydrogen-bond acceptors (Lipinski definition) is 4. The SMILES string of the molecule is Cc1ccc([C@](C)(O)CNC(=O)NC[C@H]2CCO[C@@H]2C(C)(C)C)o1. The first-order valence-electron chi connectivity index (χ1n) is 8.52. The molecule has 0 bridgehead atoms. The molecular formula is C18H30N2O4. The third-order valence-corrected chi connectivity index (χ3v) is 4.46. The molecule has 1 aliphatic heterocycles. The number of furan rings is 1. The standard InChI is InChI=1S/C18H30N2O4/c1-12-6-7-14(24-12)18(5,22)11-20-16(21)19-10-13-8-9-23-15(13)17(2,3)4/h6-7,13,15,22H,8-11H2,1-5H3,(H2,19,20,21)/t13-,15+,18-/m1/s1. The van der Waals surface area contributed by atoms with Crippen LogP contribution in [0.25, 0.3) is 0 Å². The number of urea groups is 1. The van der Waals surface area contributed by atoms with Crippen LogP contribution in [-0.2, 0) is 10.3 Å². The summed E-state index contributed by atoms with van der Waals surface area (Å²) in [5.74, 6) is 1.48. The lowest BCUT2D eigenvalue weighted by molar-refractivity contribution is 0.00761. The lowest BCUT2D eigenvalue weighted by Crippen LogP contribution is -2.46. The first-order valence-corrected chi connectivity index (χ1v) is 8.52. The Morgan fingerprint density at radius 3 is 2.58 bits per heavy atom. The molecular weight excluding hydrogens is 308 g/mol. The average molecular weight is 338 g/mol. The van der Waals surface area contributed by atoms with Gasteiger partial charge in [-0.2, -0.15) is 0 Å². The van der Waals surface area contributed by atoms with Gasteiger partial charge < -0.3 is 24.9 Å². The Bertz CT molecular complexity index is 560. The maximum absolute atomic E-state index is 12.0. The van der Waals surface area contributed by atoms with Crippen molar-refractivity contribution in [3.8, 4) is 0 Å². The van der Waals surface area contributed by atoms with Crippen LogP contribution >= 0.6 is 0 Å². The van der Waals surface area contributed by atoms with Crippen LogP contribution in [0.15, 0.2) is 16.5 Å². The molecule has 136 valence electrons. The van der Waals surface area contributed by atoms with Crippen molar-refractivity contribution >= 4 is 6.03 Å². The number of carbonyl (C=O) groups is 1. The smallest absolute Gasteiger partial charge is 0.314 e. The van der Waals surface area contributed by atoms with Crippen molar-refractivity contribution in [3.05, 3.63) is 23.7 Å². The molecule has 0 saturated carbocycles. The molecule has 2 amide bonds. The Kier molecular flexibility index (Phi) is 5.60. The molecule has 1 aromatic heterocycles. The molecule has 1 aliphatic rings. The largest absolute Gasteiger partial charge is 0.463 e. The highest BCUT2D eigenvalue weighted by Gasteiger charge is 2.37. The first kappa shape index (κ1) is 18.8. The summed E-state index contributed by atoms with van der Waals surface area (Å²) in [5, 5.41) is 16.0. The van der Waals surface area contributed by atoms with Gasteiger partial charge >= 0.3 is 6.03 Å². The zero-order chi connectivity index (χ0) is 18.0. The maximum atomic E-state index is 12.0. The summed E-state index contributed by atoms with van der Waals surface area (Å²) in [6.07, 6.45) is 1.10. The number of amides is 2. The number of carbonyl (C=O) groups excluding carboxylic acids is 1. The summed E-state index contributed by atoms with van der Waals surface area (Å²) < 4.78 is 11.2. The number of rotatable bonds is 5. The third-order valence-electron chi connectivity index (χ3n) is 4.46. The van der Waals surface area contributed by atoms with Crippen molar-refractivity contribution in [3.63, 3.8) is 0 Å². The van der Waals surface area contributed by atoms with E-state index < -0.39 is 5.60 Å². The maximum Gasteiger partial charge on any atom is 0.314 e. The van der Waals surface area contributed by atoms with Crippen LogP contribution in [0.2, 0.25) is 0 Å². The zero-order valence-electron chi connectivity index (χ0n) is 15.3. The van der Waals surface area contributed by atoms with E-state index in [9.17, 15) is 9.90 Å². The average Bonchev–Trinajstić information content (AvgIpc) is 3.11. The van der Waals surface area contributed by atoms with Crippen molar-refractivity contribution in [1.29, 1.82) is 0 Å². The monoisotopic (exact) mass is 338 g/mol. The summed E-state index contributed by atoms with van der Waals surface area (Å²) in [4.78, 5) is 12.0. The Balaban J connectivity index is 1.79. The second-order valence-electron chi connectivity index (χ2n) is 7.95. The van der Waals surface area contributed by atoms with Gasteiger partial charge in [0.25, 0.3) is 0 Å². The minimum Gasteiger partial charge on any atom is -0.463 e. The molecule has 2 rings (SSSR count). The fraction of sp³-hybridized carbons (Fsp3) is 0.722. The minimum absolute atomic E-state index is 0.0557. The zero-order valence-corrected chi connectivity index (χ0v) is 15.3. The van der Waals surface area contributed by atoms with Gasteiger partial charge in [-0.3, -0.25) is 0 Å². The quantitative estimate of drug-likeness (QED) is 0.770. The molecule has 0 aromatic carbocycles. The molecule has 0 aliphatic carbocycles. The molecule has 0 radical (unpaired) electrons. The molecule has 24 heavy (non-hydrogen) atoms. The summed E-state index contributed by atoms with van der Waals surface area (Å²) >= 11 is 0. The molecule has 1 fully saturated rings. The summed E-state index contributed by atoms with van der Waals surface area (Å²) in [5.41, 5.74) is -1.18. The van der Waals surface area contributed by atoms with Crippen LogP contribution in [0.5, 0.6) is 0 Å². The Morgan fingerprint density at radius 1 is 1.29 bits per heavy atom. The Morgan fingerprint density at radius 2 is 2.00 bits per heavy atom. The van der Waals surface area contributed by atoms with Gasteiger partial charge in [-0.15, -0.1) is 0 Å². The molecule has 0 unspecified atom stereocenters. The van der Waals surface area contributed by atoms with E-state index in [1.165, 1.54) is 0 Å². The number of aliphatic hydroxyl groups is 1. The molecule has 2 heterocycles. The summed E-state index contributed by atoms with van der Waals surface area (Å²) in [6.45, 7) is 11.3. The Hall–Kier alpha value is -1.53. The van der Waals surface area contributed by atoms with Crippen molar-refractivity contribution in [1.82, 2.24) is 10.6 Å². The minimum atomic E-state index is -1.24. The molecule has 0 spiro atoms. The van der Waals surface area contributed by atoms with Gasteiger partial charge in [-0.05, 0) is 37.8 Å². The second-order valence-corrected chi connectivity index (χ2v) is 7.95. The van der Waals surface area contributed by atoms with Gasteiger partial charge in [0.1, 0.15) is 17.1 Å². The highest BCUT2D eigenvalue weighted by molar-refractivity contribution is 5.73. The van der Waals surface area contributed by atoms with E-state index in [-0.39, 0.29) is 24.1 Å². The van der Waals surface area contributed by atoms with Crippen LogP contribution in [-0.4, -0.2) is 36.9 Å². The summed E-state index contributed by atoms with van der Waals surface area (Å²) in [7, 11) is 0. The van der Waals surface area contributed by atoms with Crippen LogP contribution in [0.4, 0.5) is 4.79 Å². The van der Waals surface area contributed by atoms with Crippen LogP contribution < -0.4 is 10.6 Å². The normalized spacial score (nSPS) is 23.8. The van der Waals surface area contributed by atoms with Gasteiger partial charge in [0.15, 0.2) is 0 Å². The molecule has 1 aromatic rings. The van der Waals surface area contributed by atoms with Crippen molar-refractivity contribution in [2.45, 2.75) is 52.7 Å². The van der Waals surface area contributed by atoms with Gasteiger partial charge in [0.05, 0.1) is 12.6 Å². The van der Waals surface area contributed by atoms with Gasteiger partial charge in [0.2, 0.25) is 0 Å². The third kappa shape index (κ3) is 4.74. The van der Waals surface area contributed by atoms with E-state index in [4.69, 9.17) is 9.15 Å². The highest BCUT2D eigenvalue weighted by atomic mass is 16.5. The fourth-order valence-electron chi connectivity index (χ4n) is 3.15. The first-order chi connectivity index (χ1) is 11.1. The number of ether oxygens (including phenoxy) is 1. The van der Waals surface area contributed by atoms with E-state index in [0.29, 0.717) is 18.2 Å². The second kappa shape index (κ2) is 7.15. The predicted molar refractivity (Wildman–Crippen MR) is 91.7 cm³/mol. The van der Waals surface area contributed by atoms with Crippen molar-refractivity contribution < 1.29 is 19.1 Å². The number of aryl methyl sites for hydroxylation is 1. The molecule has 6 nitrogen and oxygen atoms in total. The van der Waals surface area contributed by atoms with E-state index in [1.54, 1.807) is 19.1 Å². The van der Waals surface area contributed by atoms with Crippen LogP contribution in [0.1, 0.15) is 45.6 Å². The van der Waals surface area contributed by atoms with E-state index in [1.807, 2.05) is 6.92 Å². The number of hydrogen-bond donors (Lipinski definition) is 3. The van der Waals surface area contributed by atoms with Gasteiger partial charge in [0, 0.05) is 19.1 Å². The van der Waals surface area contributed by atoms with Crippen molar-refractivity contribution in [2.24, 2.45) is 11.3 Å². The Labute approximate surface area is 143 Å². The van der Waals surface area contributed by atoms with Gasteiger partial charge in [-0.1, -0.05) is 20.8 Å². The highest BCUT2D eigenvalue weighted by Crippen LogP contribution is 2.34. The topological polar surface area (TPSA) is 83.7 Å². The van der Waals surface area contributed by atoms with E-state index in [0.717, 1.165) is 18.8 Å². The van der Waals surface area contributed by atoms with Gasteiger partial charge in [-0.25, -0.2) is 4.79 Å². The molecule has 3 N–H and O–H groups in total. The number of nitrogens with one attached hydrogen (secondary N) is 2.